The molecule has 1 aliphatic rings. The van der Waals surface area contributed by atoms with E-state index in [0.717, 1.165) is 34.7 Å². The number of thioether (sulfide) groups is 1. The van der Waals surface area contributed by atoms with Gasteiger partial charge in [-0.2, -0.15) is 0 Å². The van der Waals surface area contributed by atoms with Crippen LogP contribution < -0.4 is 4.90 Å². The molecule has 2 heterocycles. The molecule has 1 aliphatic heterocycles. The molecule has 0 saturated carbocycles. The van der Waals surface area contributed by atoms with Gasteiger partial charge in [0, 0.05) is 36.6 Å². The molecular formula is C23H25N3O4S2. The van der Waals surface area contributed by atoms with E-state index in [9.17, 15) is 9.59 Å². The summed E-state index contributed by atoms with van der Waals surface area (Å²) in [5.41, 5.74) is 1.84. The number of methoxy groups -OCH3 is 1. The molecule has 9 heteroatoms. The van der Waals surface area contributed by atoms with E-state index < -0.39 is 5.97 Å². The number of esters is 1. The summed E-state index contributed by atoms with van der Waals surface area (Å²) in [5, 5.41) is 0.678. The van der Waals surface area contributed by atoms with Gasteiger partial charge in [-0.15, -0.1) is 11.8 Å². The molecule has 1 fully saturated rings. The number of fused-ring (bicyclic) bond motifs is 1. The van der Waals surface area contributed by atoms with Crippen LogP contribution in [0.25, 0.3) is 10.2 Å². The van der Waals surface area contributed by atoms with Crippen molar-refractivity contribution >= 4 is 50.3 Å². The van der Waals surface area contributed by atoms with Crippen molar-refractivity contribution in [2.75, 3.05) is 57.7 Å². The number of amides is 1. The molecule has 7 nitrogen and oxygen atoms in total. The number of anilines is 1. The number of thiazole rings is 1. The molecule has 0 radical (unpaired) electrons. The van der Waals surface area contributed by atoms with Crippen molar-refractivity contribution in [1.82, 2.24) is 9.88 Å². The molecule has 168 valence electrons. The first-order chi connectivity index (χ1) is 15.6. The number of hydrogen-bond donors (Lipinski definition) is 0. The van der Waals surface area contributed by atoms with Crippen molar-refractivity contribution in [1.29, 1.82) is 0 Å². The van der Waals surface area contributed by atoms with Crippen LogP contribution in [0, 0.1) is 0 Å². The zero-order valence-corrected chi connectivity index (χ0v) is 19.7. The summed E-state index contributed by atoms with van der Waals surface area (Å²) in [7, 11) is 1.34. The van der Waals surface area contributed by atoms with E-state index in [2.05, 4.69) is 4.90 Å². The molecule has 1 aromatic heterocycles. The molecular weight excluding hydrogens is 446 g/mol. The number of carbonyl (C=O) groups is 2. The molecule has 1 saturated heterocycles. The lowest BCUT2D eigenvalue weighted by molar-refractivity contribution is 0.0391. The number of aromatic nitrogens is 1. The van der Waals surface area contributed by atoms with Crippen molar-refractivity contribution in [3.8, 4) is 0 Å². The van der Waals surface area contributed by atoms with Crippen LogP contribution in [0.3, 0.4) is 0 Å². The smallest absolute Gasteiger partial charge is 0.337 e. The second-order valence-corrected chi connectivity index (χ2v) is 9.14. The number of nitrogens with zero attached hydrogens (tertiary/aromatic N) is 3. The molecule has 0 spiro atoms. The topological polar surface area (TPSA) is 72.0 Å². The highest BCUT2D eigenvalue weighted by Crippen LogP contribution is 2.34. The maximum atomic E-state index is 13.5. The second-order valence-electron chi connectivity index (χ2n) is 7.28. The van der Waals surface area contributed by atoms with Crippen LogP contribution in [0.15, 0.2) is 47.4 Å². The fourth-order valence-electron chi connectivity index (χ4n) is 3.56. The van der Waals surface area contributed by atoms with E-state index in [1.54, 1.807) is 40.9 Å². The Bertz CT molecular complexity index is 1090. The maximum Gasteiger partial charge on any atom is 0.337 e. The van der Waals surface area contributed by atoms with Gasteiger partial charge < -0.3 is 9.47 Å². The predicted octanol–water partition coefficient (Wildman–Crippen LogP) is 3.78. The van der Waals surface area contributed by atoms with E-state index in [4.69, 9.17) is 14.5 Å². The third kappa shape index (κ3) is 4.96. The zero-order chi connectivity index (χ0) is 22.5. The van der Waals surface area contributed by atoms with E-state index in [-0.39, 0.29) is 5.91 Å². The molecule has 2 aromatic carbocycles. The standard InChI is InChI=1S/C23H25N3O4S2/c1-29-22(28)17-8-6-16(7-9-17)21(27)26(11-10-25-12-14-30-15-13-25)23-24-20-18(31-2)4-3-5-19(20)32-23/h3-9H,10-15H2,1-2H3. The number of ether oxygens (including phenoxy) is 2. The summed E-state index contributed by atoms with van der Waals surface area (Å²) < 4.78 is 11.2. The summed E-state index contributed by atoms with van der Waals surface area (Å²) in [6.45, 7) is 4.38. The fourth-order valence-corrected chi connectivity index (χ4v) is 5.21. The van der Waals surface area contributed by atoms with Gasteiger partial charge in [0.15, 0.2) is 5.13 Å². The summed E-state index contributed by atoms with van der Waals surface area (Å²) >= 11 is 3.16. The second kappa shape index (κ2) is 10.4. The predicted molar refractivity (Wildman–Crippen MR) is 128 cm³/mol. The Morgan fingerprint density at radius 1 is 1.16 bits per heavy atom. The van der Waals surface area contributed by atoms with Crippen molar-refractivity contribution in [3.05, 3.63) is 53.6 Å². The largest absolute Gasteiger partial charge is 0.465 e. The van der Waals surface area contributed by atoms with Crippen LogP contribution in [0.1, 0.15) is 20.7 Å². The lowest BCUT2D eigenvalue weighted by Crippen LogP contribution is -2.43. The van der Waals surface area contributed by atoms with Crippen LogP contribution in [0.2, 0.25) is 0 Å². The summed E-state index contributed by atoms with van der Waals surface area (Å²) in [6.07, 6.45) is 2.03. The molecule has 32 heavy (non-hydrogen) atoms. The summed E-state index contributed by atoms with van der Waals surface area (Å²) in [6, 6.07) is 12.6. The van der Waals surface area contributed by atoms with Gasteiger partial charge in [-0.25, -0.2) is 9.78 Å². The Balaban J connectivity index is 1.63. The lowest BCUT2D eigenvalue weighted by atomic mass is 10.1. The van der Waals surface area contributed by atoms with E-state index >= 15 is 0 Å². The third-order valence-electron chi connectivity index (χ3n) is 5.36. The number of rotatable bonds is 7. The Hall–Kier alpha value is -2.46. The van der Waals surface area contributed by atoms with E-state index in [1.165, 1.54) is 18.4 Å². The van der Waals surface area contributed by atoms with E-state index in [1.807, 2.05) is 24.5 Å². The Morgan fingerprint density at radius 3 is 2.56 bits per heavy atom. The molecule has 4 rings (SSSR count). The van der Waals surface area contributed by atoms with Gasteiger partial charge in [0.25, 0.3) is 5.91 Å². The Kier molecular flexibility index (Phi) is 7.41. The first-order valence-electron chi connectivity index (χ1n) is 10.3. The van der Waals surface area contributed by atoms with Gasteiger partial charge >= 0.3 is 5.97 Å². The summed E-state index contributed by atoms with van der Waals surface area (Å²) in [4.78, 5) is 35.2. The number of hydrogen-bond acceptors (Lipinski definition) is 8. The average Bonchev–Trinajstić information content (AvgIpc) is 3.28. The minimum atomic E-state index is -0.427. The molecule has 0 aliphatic carbocycles. The third-order valence-corrected chi connectivity index (χ3v) is 7.18. The van der Waals surface area contributed by atoms with Gasteiger partial charge in [0.05, 0.1) is 36.1 Å². The molecule has 0 N–H and O–H groups in total. The van der Waals surface area contributed by atoms with Crippen LogP contribution >= 0.6 is 23.1 Å². The minimum absolute atomic E-state index is 0.139. The molecule has 0 bridgehead atoms. The van der Waals surface area contributed by atoms with Gasteiger partial charge in [-0.1, -0.05) is 17.4 Å². The molecule has 3 aromatic rings. The number of morpholine rings is 1. The number of benzene rings is 2. The first-order valence-corrected chi connectivity index (χ1v) is 12.4. The van der Waals surface area contributed by atoms with Crippen molar-refractivity contribution in [2.45, 2.75) is 4.90 Å². The monoisotopic (exact) mass is 471 g/mol. The molecule has 0 unspecified atom stereocenters. The highest BCUT2D eigenvalue weighted by Gasteiger charge is 2.23. The van der Waals surface area contributed by atoms with Gasteiger partial charge in [-0.05, 0) is 42.7 Å². The number of carbonyl (C=O) groups excluding carboxylic acids is 2. The van der Waals surface area contributed by atoms with Gasteiger partial charge in [0.2, 0.25) is 0 Å². The summed E-state index contributed by atoms with van der Waals surface area (Å²) in [5.74, 6) is -0.566. The van der Waals surface area contributed by atoms with Crippen LogP contribution in [-0.2, 0) is 9.47 Å². The highest BCUT2D eigenvalue weighted by molar-refractivity contribution is 7.98. The Labute approximate surface area is 195 Å². The van der Waals surface area contributed by atoms with Crippen molar-refractivity contribution < 1.29 is 19.1 Å². The zero-order valence-electron chi connectivity index (χ0n) is 18.1. The SMILES string of the molecule is COC(=O)c1ccc(C(=O)N(CCN2CCOCC2)c2nc3c(SC)cccc3s2)cc1. The van der Waals surface area contributed by atoms with Gasteiger partial charge in [0.1, 0.15) is 0 Å². The van der Waals surface area contributed by atoms with Crippen LogP contribution in [-0.4, -0.2) is 74.5 Å². The lowest BCUT2D eigenvalue weighted by Gasteiger charge is -2.29. The van der Waals surface area contributed by atoms with E-state index in [0.29, 0.717) is 36.0 Å². The van der Waals surface area contributed by atoms with Gasteiger partial charge in [-0.3, -0.25) is 14.6 Å². The molecule has 1 amide bonds. The average molecular weight is 472 g/mol. The fraction of sp³-hybridized carbons (Fsp3) is 0.348. The van der Waals surface area contributed by atoms with Crippen molar-refractivity contribution in [2.24, 2.45) is 0 Å². The molecule has 0 atom stereocenters. The van der Waals surface area contributed by atoms with Crippen LogP contribution in [0.4, 0.5) is 5.13 Å². The maximum absolute atomic E-state index is 13.5. The Morgan fingerprint density at radius 2 is 1.88 bits per heavy atom. The first kappa shape index (κ1) is 22.7. The van der Waals surface area contributed by atoms with Crippen LogP contribution in [0.5, 0.6) is 0 Å². The van der Waals surface area contributed by atoms with Crippen molar-refractivity contribution in [3.63, 3.8) is 0 Å². The minimum Gasteiger partial charge on any atom is -0.465 e. The normalized spacial score (nSPS) is 14.4. The quantitative estimate of drug-likeness (QED) is 0.384. The number of para-hydroxylation sites is 1. The highest BCUT2D eigenvalue weighted by atomic mass is 32.2.